The maximum atomic E-state index is 13.5. The minimum Gasteiger partial charge on any atom is -0.497 e. The lowest BCUT2D eigenvalue weighted by Crippen LogP contribution is -2.49. The molecule has 0 aliphatic carbocycles. The van der Waals surface area contributed by atoms with E-state index in [4.69, 9.17) is 9.47 Å². The van der Waals surface area contributed by atoms with Crippen LogP contribution in [0, 0.1) is 5.82 Å². The summed E-state index contributed by atoms with van der Waals surface area (Å²) in [6.07, 6.45) is 2.02. The third-order valence-electron chi connectivity index (χ3n) is 7.45. The van der Waals surface area contributed by atoms with E-state index >= 15 is 0 Å². The molecule has 2 aromatic heterocycles. The van der Waals surface area contributed by atoms with E-state index in [1.165, 1.54) is 12.1 Å². The zero-order valence-electron chi connectivity index (χ0n) is 21.2. The lowest BCUT2D eigenvalue weighted by Gasteiger charge is -2.39. The number of fused-ring (bicyclic) bond motifs is 1. The van der Waals surface area contributed by atoms with Crippen molar-refractivity contribution < 1.29 is 13.9 Å². The Kier molecular flexibility index (Phi) is 6.77. The fraction of sp³-hybridized carbons (Fsp3) is 0.407. The molecule has 2 saturated heterocycles. The Hall–Kier alpha value is -3.83. The topological polar surface area (TPSA) is 101 Å². The summed E-state index contributed by atoms with van der Waals surface area (Å²) < 4.78 is 26.5. The van der Waals surface area contributed by atoms with Crippen LogP contribution in [0.2, 0.25) is 0 Å². The Morgan fingerprint density at radius 2 is 1.95 bits per heavy atom. The number of piperazine rings is 1. The number of hydrogen-bond donors (Lipinski definition) is 1. The highest BCUT2D eigenvalue weighted by Crippen LogP contribution is 2.30. The largest absolute Gasteiger partial charge is 0.497 e. The summed E-state index contributed by atoms with van der Waals surface area (Å²) >= 11 is 0. The van der Waals surface area contributed by atoms with Gasteiger partial charge in [-0.15, -0.1) is 5.10 Å². The minimum atomic E-state index is -0.457. The number of aromatic nitrogens is 5. The van der Waals surface area contributed by atoms with Crippen molar-refractivity contribution in [2.75, 3.05) is 44.8 Å². The van der Waals surface area contributed by atoms with Crippen molar-refractivity contribution in [3.05, 3.63) is 76.1 Å². The van der Waals surface area contributed by atoms with Gasteiger partial charge in [0.1, 0.15) is 17.6 Å². The van der Waals surface area contributed by atoms with Crippen LogP contribution in [0.15, 0.2) is 53.3 Å². The molecule has 11 heteroatoms. The van der Waals surface area contributed by atoms with Gasteiger partial charge in [0, 0.05) is 54.9 Å². The Labute approximate surface area is 219 Å². The highest BCUT2D eigenvalue weighted by molar-refractivity contribution is 5.80. The van der Waals surface area contributed by atoms with Crippen LogP contribution < -0.4 is 15.2 Å². The van der Waals surface area contributed by atoms with Crippen molar-refractivity contribution in [3.8, 4) is 5.75 Å². The SMILES string of the molecule is COc1ccc2[nH]c(=O)c(C(c3nnnn3CC3CCCO3)N3CCN(c4ccc(F)cc4)CC3)cc2c1. The molecular weight excluding hydrogens is 489 g/mol. The summed E-state index contributed by atoms with van der Waals surface area (Å²) in [5.41, 5.74) is 2.10. The van der Waals surface area contributed by atoms with E-state index in [2.05, 4.69) is 30.3 Å². The molecule has 0 radical (unpaired) electrons. The number of pyridine rings is 1. The predicted molar refractivity (Wildman–Crippen MR) is 140 cm³/mol. The van der Waals surface area contributed by atoms with Crippen LogP contribution in [0.5, 0.6) is 5.75 Å². The van der Waals surface area contributed by atoms with Gasteiger partial charge in [0.15, 0.2) is 5.82 Å². The molecule has 2 aliphatic heterocycles. The molecule has 4 heterocycles. The highest BCUT2D eigenvalue weighted by atomic mass is 19.1. The summed E-state index contributed by atoms with van der Waals surface area (Å²) in [5.74, 6) is 1.07. The second-order valence-electron chi connectivity index (χ2n) is 9.76. The van der Waals surface area contributed by atoms with Crippen LogP contribution in [0.4, 0.5) is 10.1 Å². The van der Waals surface area contributed by atoms with Crippen molar-refractivity contribution in [2.24, 2.45) is 0 Å². The molecule has 0 saturated carbocycles. The maximum absolute atomic E-state index is 13.5. The molecule has 2 fully saturated rings. The summed E-state index contributed by atoms with van der Waals surface area (Å²) in [6, 6.07) is 13.6. The van der Waals surface area contributed by atoms with E-state index in [1.807, 2.05) is 24.3 Å². The Balaban J connectivity index is 1.36. The number of methoxy groups -OCH3 is 1. The summed E-state index contributed by atoms with van der Waals surface area (Å²) in [6.45, 7) is 4.05. The quantitative estimate of drug-likeness (QED) is 0.398. The van der Waals surface area contributed by atoms with Gasteiger partial charge in [-0.05, 0) is 71.8 Å². The number of nitrogens with one attached hydrogen (secondary N) is 1. The number of benzene rings is 2. The second kappa shape index (κ2) is 10.5. The van der Waals surface area contributed by atoms with Crippen LogP contribution >= 0.6 is 0 Å². The van der Waals surface area contributed by atoms with Gasteiger partial charge in [0.05, 0.1) is 19.8 Å². The molecule has 0 spiro atoms. The monoisotopic (exact) mass is 519 g/mol. The first kappa shape index (κ1) is 24.5. The van der Waals surface area contributed by atoms with Crippen LogP contribution in [0.1, 0.15) is 30.3 Å². The number of tetrazole rings is 1. The number of H-pyrrole nitrogens is 1. The van der Waals surface area contributed by atoms with Gasteiger partial charge in [-0.2, -0.15) is 0 Å². The van der Waals surface area contributed by atoms with Crippen molar-refractivity contribution in [3.63, 3.8) is 0 Å². The molecule has 1 N–H and O–H groups in total. The number of ether oxygens (including phenoxy) is 2. The second-order valence-corrected chi connectivity index (χ2v) is 9.76. The highest BCUT2D eigenvalue weighted by Gasteiger charge is 2.33. The Morgan fingerprint density at radius 3 is 2.68 bits per heavy atom. The number of halogens is 1. The summed E-state index contributed by atoms with van der Waals surface area (Å²) in [5, 5.41) is 13.6. The summed E-state index contributed by atoms with van der Waals surface area (Å²) in [7, 11) is 1.62. The van der Waals surface area contributed by atoms with Crippen LogP contribution in [-0.4, -0.2) is 76.1 Å². The minimum absolute atomic E-state index is 0.0485. The van der Waals surface area contributed by atoms with Crippen molar-refractivity contribution >= 4 is 16.6 Å². The van der Waals surface area contributed by atoms with Gasteiger partial charge in [-0.1, -0.05) is 0 Å². The van der Waals surface area contributed by atoms with Gasteiger partial charge in [-0.25, -0.2) is 9.07 Å². The Bertz CT molecular complexity index is 1460. The van der Waals surface area contributed by atoms with Gasteiger partial charge >= 0.3 is 0 Å². The lowest BCUT2D eigenvalue weighted by atomic mass is 10.0. The molecule has 0 bridgehead atoms. The molecule has 198 valence electrons. The van der Waals surface area contributed by atoms with E-state index < -0.39 is 6.04 Å². The molecule has 0 amide bonds. The molecule has 2 atom stereocenters. The average Bonchev–Trinajstić information content (AvgIpc) is 3.63. The number of rotatable bonds is 7. The van der Waals surface area contributed by atoms with Gasteiger partial charge in [0.25, 0.3) is 5.56 Å². The first-order chi connectivity index (χ1) is 18.6. The lowest BCUT2D eigenvalue weighted by molar-refractivity contribution is 0.0906. The number of aromatic amines is 1. The smallest absolute Gasteiger partial charge is 0.253 e. The number of anilines is 1. The molecule has 4 aromatic rings. The molecular formula is C27H30FN7O3. The first-order valence-electron chi connectivity index (χ1n) is 12.9. The van der Waals surface area contributed by atoms with E-state index in [1.54, 1.807) is 23.9 Å². The standard InChI is InChI=1S/C27H30FN7O3/c1-37-21-8-9-24-18(15-21)16-23(27(36)29-24)25(26-30-31-32-35(26)17-22-3-2-14-38-22)34-12-10-33(11-13-34)20-6-4-19(28)5-7-20/h4-9,15-16,22,25H,2-3,10-14,17H2,1H3,(H,29,36). The third-order valence-corrected chi connectivity index (χ3v) is 7.45. The fourth-order valence-corrected chi connectivity index (χ4v) is 5.44. The van der Waals surface area contributed by atoms with E-state index in [0.29, 0.717) is 36.8 Å². The third kappa shape index (κ3) is 4.86. The van der Waals surface area contributed by atoms with Crippen LogP contribution in [0.3, 0.4) is 0 Å². The van der Waals surface area contributed by atoms with E-state index in [9.17, 15) is 9.18 Å². The zero-order chi connectivity index (χ0) is 26.1. The number of hydrogen-bond acceptors (Lipinski definition) is 8. The van der Waals surface area contributed by atoms with Crippen LogP contribution in [-0.2, 0) is 11.3 Å². The maximum Gasteiger partial charge on any atom is 0.253 e. The summed E-state index contributed by atoms with van der Waals surface area (Å²) in [4.78, 5) is 21.0. The Morgan fingerprint density at radius 1 is 1.13 bits per heavy atom. The van der Waals surface area contributed by atoms with Gasteiger partial charge in [-0.3, -0.25) is 9.69 Å². The zero-order valence-corrected chi connectivity index (χ0v) is 21.2. The van der Waals surface area contributed by atoms with E-state index in [0.717, 1.165) is 49.1 Å². The van der Waals surface area contributed by atoms with Crippen molar-refractivity contribution in [2.45, 2.75) is 31.5 Å². The number of nitrogens with zero attached hydrogens (tertiary/aromatic N) is 6. The van der Waals surface area contributed by atoms with E-state index in [-0.39, 0.29) is 17.5 Å². The van der Waals surface area contributed by atoms with Crippen molar-refractivity contribution in [1.29, 1.82) is 0 Å². The van der Waals surface area contributed by atoms with Crippen LogP contribution in [0.25, 0.3) is 10.9 Å². The molecule has 38 heavy (non-hydrogen) atoms. The molecule has 2 aliphatic rings. The molecule has 2 unspecified atom stereocenters. The molecule has 10 nitrogen and oxygen atoms in total. The first-order valence-corrected chi connectivity index (χ1v) is 12.9. The predicted octanol–water partition coefficient (Wildman–Crippen LogP) is 2.75. The fourth-order valence-electron chi connectivity index (χ4n) is 5.44. The van der Waals surface area contributed by atoms with Gasteiger partial charge in [0.2, 0.25) is 0 Å². The van der Waals surface area contributed by atoms with Gasteiger partial charge < -0.3 is 19.4 Å². The van der Waals surface area contributed by atoms with Crippen molar-refractivity contribution in [1.82, 2.24) is 30.1 Å². The molecule has 2 aromatic carbocycles. The average molecular weight is 520 g/mol. The molecule has 6 rings (SSSR count). The normalized spacial score (nSPS) is 19.2.